The normalized spacial score (nSPS) is 11.1. The zero-order chi connectivity index (χ0) is 13.7. The lowest BCUT2D eigenvalue weighted by Gasteiger charge is -2.09. The molecule has 0 fully saturated rings. The van der Waals surface area contributed by atoms with Gasteiger partial charge in [-0.05, 0) is 12.1 Å². The molecule has 0 saturated carbocycles. The summed E-state index contributed by atoms with van der Waals surface area (Å²) in [4.78, 5) is 7.96. The first-order chi connectivity index (χ1) is 9.24. The molecule has 0 spiro atoms. The monoisotopic (exact) mass is 260 g/mol. The minimum absolute atomic E-state index is 0.141. The highest BCUT2D eigenvalue weighted by Crippen LogP contribution is 2.29. The van der Waals surface area contributed by atoms with Gasteiger partial charge in [0, 0.05) is 0 Å². The van der Waals surface area contributed by atoms with Gasteiger partial charge in [-0.25, -0.2) is 4.98 Å². The molecule has 0 saturated heterocycles. The summed E-state index contributed by atoms with van der Waals surface area (Å²) in [6.07, 6.45) is 2.78. The summed E-state index contributed by atoms with van der Waals surface area (Å²) in [5.74, 6) is 1.14. The van der Waals surface area contributed by atoms with Crippen molar-refractivity contribution in [3.8, 4) is 17.4 Å². The van der Waals surface area contributed by atoms with Crippen molar-refractivity contribution in [1.29, 1.82) is 0 Å². The predicted molar refractivity (Wildman–Crippen MR) is 67.6 cm³/mol. The smallest absolute Gasteiger partial charge is 0.238 e. The Balaban J connectivity index is 2.28. The summed E-state index contributed by atoms with van der Waals surface area (Å²) in [5.41, 5.74) is 5.65. The lowest BCUT2D eigenvalue weighted by molar-refractivity contribution is 0.318. The fraction of sp³-hybridized carbons (Fsp3) is 0.0833. The van der Waals surface area contributed by atoms with Crippen LogP contribution in [0.25, 0.3) is 0 Å². The number of nitrogens with zero attached hydrogens (tertiary/aromatic N) is 3. The van der Waals surface area contributed by atoms with Crippen LogP contribution >= 0.6 is 0 Å². The molecule has 0 bridgehead atoms. The van der Waals surface area contributed by atoms with Gasteiger partial charge in [0.25, 0.3) is 0 Å². The molecule has 0 aliphatic rings. The summed E-state index contributed by atoms with van der Waals surface area (Å²) in [5, 5.41) is 11.4. The molecule has 1 aromatic heterocycles. The van der Waals surface area contributed by atoms with E-state index in [0.717, 1.165) is 0 Å². The molecule has 7 heteroatoms. The maximum absolute atomic E-state index is 8.59. The van der Waals surface area contributed by atoms with Gasteiger partial charge in [-0.1, -0.05) is 17.3 Å². The molecule has 7 nitrogen and oxygen atoms in total. The van der Waals surface area contributed by atoms with E-state index >= 15 is 0 Å². The van der Waals surface area contributed by atoms with Crippen LogP contribution in [0, 0.1) is 0 Å². The number of rotatable bonds is 4. The Morgan fingerprint density at radius 3 is 2.68 bits per heavy atom. The number of nitrogens with two attached hydrogens (primary N) is 1. The van der Waals surface area contributed by atoms with E-state index in [9.17, 15) is 0 Å². The highest BCUT2D eigenvalue weighted by molar-refractivity contribution is 5.94. The van der Waals surface area contributed by atoms with Crippen molar-refractivity contribution in [3.05, 3.63) is 42.4 Å². The van der Waals surface area contributed by atoms with Crippen molar-refractivity contribution in [2.24, 2.45) is 10.9 Å². The molecule has 0 aliphatic heterocycles. The third-order valence-corrected chi connectivity index (χ3v) is 2.27. The molecule has 3 N–H and O–H groups in total. The number of oxime groups is 1. The lowest BCUT2D eigenvalue weighted by atomic mass is 10.3. The molecule has 98 valence electrons. The molecular weight excluding hydrogens is 248 g/mol. The molecule has 0 atom stereocenters. The molecule has 0 amide bonds. The fourth-order valence-corrected chi connectivity index (χ4v) is 1.39. The molecule has 2 rings (SSSR count). The van der Waals surface area contributed by atoms with E-state index in [1.54, 1.807) is 25.3 Å². The fourth-order valence-electron chi connectivity index (χ4n) is 1.39. The topological polar surface area (TPSA) is 103 Å². The van der Waals surface area contributed by atoms with Gasteiger partial charge in [0.05, 0.1) is 19.5 Å². The average molecular weight is 260 g/mol. The second kappa shape index (κ2) is 5.67. The number of benzene rings is 1. The molecule has 2 aromatic rings. The van der Waals surface area contributed by atoms with Crippen LogP contribution in [-0.4, -0.2) is 28.1 Å². The number of hydrogen-bond donors (Lipinski definition) is 2. The van der Waals surface area contributed by atoms with Gasteiger partial charge < -0.3 is 20.4 Å². The van der Waals surface area contributed by atoms with Crippen molar-refractivity contribution < 1.29 is 14.7 Å². The van der Waals surface area contributed by atoms with Crippen LogP contribution in [0.15, 0.2) is 41.8 Å². The Morgan fingerprint density at radius 2 is 2.00 bits per heavy atom. The van der Waals surface area contributed by atoms with Gasteiger partial charge >= 0.3 is 0 Å². The van der Waals surface area contributed by atoms with Crippen molar-refractivity contribution >= 4 is 5.84 Å². The Hall–Kier alpha value is -2.83. The second-order valence-corrected chi connectivity index (χ2v) is 3.48. The largest absolute Gasteiger partial charge is 0.493 e. The van der Waals surface area contributed by atoms with E-state index in [4.69, 9.17) is 20.4 Å². The van der Waals surface area contributed by atoms with Crippen LogP contribution in [0.1, 0.15) is 5.69 Å². The first-order valence-corrected chi connectivity index (χ1v) is 5.35. The minimum atomic E-state index is -0.141. The highest BCUT2D eigenvalue weighted by atomic mass is 16.5. The summed E-state index contributed by atoms with van der Waals surface area (Å²) in [6.45, 7) is 0. The first-order valence-electron chi connectivity index (χ1n) is 5.35. The standard InChI is InChI=1S/C12H12N4O3/c1-18-9-4-2-3-5-10(9)19-11-7-14-6-8(15-11)12(13)16-17/h2-7,17H,1H3,(H2,13,16). The molecule has 0 radical (unpaired) electrons. The zero-order valence-electron chi connectivity index (χ0n) is 10.1. The van der Waals surface area contributed by atoms with E-state index in [1.807, 2.05) is 6.07 Å². The number of aromatic nitrogens is 2. The third-order valence-electron chi connectivity index (χ3n) is 2.27. The lowest BCUT2D eigenvalue weighted by Crippen LogP contribution is -2.15. The average Bonchev–Trinajstić information content (AvgIpc) is 2.47. The number of methoxy groups -OCH3 is 1. The maximum Gasteiger partial charge on any atom is 0.238 e. The van der Waals surface area contributed by atoms with Crippen molar-refractivity contribution in [2.45, 2.75) is 0 Å². The van der Waals surface area contributed by atoms with Crippen LogP contribution in [-0.2, 0) is 0 Å². The Labute approximate surface area is 109 Å². The van der Waals surface area contributed by atoms with Gasteiger partial charge in [0.1, 0.15) is 5.69 Å². The van der Waals surface area contributed by atoms with Crippen molar-refractivity contribution in [1.82, 2.24) is 9.97 Å². The Kier molecular flexibility index (Phi) is 3.77. The summed E-state index contributed by atoms with van der Waals surface area (Å²) < 4.78 is 10.7. The summed E-state index contributed by atoms with van der Waals surface area (Å²) in [6, 6.07) is 7.12. The molecule has 1 aromatic carbocycles. The minimum Gasteiger partial charge on any atom is -0.493 e. The maximum atomic E-state index is 8.59. The molecule has 0 unspecified atom stereocenters. The Morgan fingerprint density at radius 1 is 1.26 bits per heavy atom. The van der Waals surface area contributed by atoms with Gasteiger partial charge in [-0.2, -0.15) is 0 Å². The second-order valence-electron chi connectivity index (χ2n) is 3.48. The van der Waals surface area contributed by atoms with Gasteiger partial charge in [-0.3, -0.25) is 4.98 Å². The van der Waals surface area contributed by atoms with Crippen LogP contribution in [0.5, 0.6) is 17.4 Å². The number of hydrogen-bond acceptors (Lipinski definition) is 6. The van der Waals surface area contributed by atoms with Crippen molar-refractivity contribution in [3.63, 3.8) is 0 Å². The van der Waals surface area contributed by atoms with Crippen LogP contribution in [0.2, 0.25) is 0 Å². The van der Waals surface area contributed by atoms with Crippen molar-refractivity contribution in [2.75, 3.05) is 7.11 Å². The predicted octanol–water partition coefficient (Wildman–Crippen LogP) is 1.37. The van der Waals surface area contributed by atoms with Crippen LogP contribution < -0.4 is 15.2 Å². The number of para-hydroxylation sites is 2. The van der Waals surface area contributed by atoms with Crippen LogP contribution in [0.3, 0.4) is 0 Å². The van der Waals surface area contributed by atoms with Crippen LogP contribution in [0.4, 0.5) is 0 Å². The molecule has 19 heavy (non-hydrogen) atoms. The quantitative estimate of drug-likeness (QED) is 0.372. The van der Waals surface area contributed by atoms with E-state index in [-0.39, 0.29) is 17.4 Å². The highest BCUT2D eigenvalue weighted by Gasteiger charge is 2.08. The first kappa shape index (κ1) is 12.6. The summed E-state index contributed by atoms with van der Waals surface area (Å²) >= 11 is 0. The molecule has 0 aliphatic carbocycles. The zero-order valence-corrected chi connectivity index (χ0v) is 10.1. The van der Waals surface area contributed by atoms with E-state index < -0.39 is 0 Å². The Bertz CT molecular complexity index is 601. The third kappa shape index (κ3) is 2.89. The van der Waals surface area contributed by atoms with Gasteiger partial charge in [0.15, 0.2) is 17.3 Å². The number of ether oxygens (including phenoxy) is 2. The van der Waals surface area contributed by atoms with E-state index in [1.165, 1.54) is 12.4 Å². The molecule has 1 heterocycles. The van der Waals surface area contributed by atoms with E-state index in [0.29, 0.717) is 11.5 Å². The SMILES string of the molecule is COc1ccccc1Oc1cncc(/C(N)=N/O)n1. The van der Waals surface area contributed by atoms with E-state index in [2.05, 4.69) is 15.1 Å². The van der Waals surface area contributed by atoms with Gasteiger partial charge in [-0.15, -0.1) is 0 Å². The molecular formula is C12H12N4O3. The number of amidine groups is 1. The van der Waals surface area contributed by atoms with Gasteiger partial charge in [0.2, 0.25) is 5.88 Å². The summed E-state index contributed by atoms with van der Waals surface area (Å²) in [7, 11) is 1.54.